The normalized spacial score (nSPS) is 20.5. The SMILES string of the molecule is Cc1cccc(F)c1C(=O)N1CCC[C@H](C(=O)Nc2cccc(C(C)(C)C)c2)[C@@H]1c1ccc(CCN2CCC(F)(F)C2)cc1. The first-order valence-corrected chi connectivity index (χ1v) is 15.5. The number of alkyl halides is 2. The lowest BCUT2D eigenvalue weighted by atomic mass is 9.82. The molecule has 2 atom stereocenters. The van der Waals surface area contributed by atoms with Gasteiger partial charge in [-0.15, -0.1) is 0 Å². The van der Waals surface area contributed by atoms with Gasteiger partial charge in [0.2, 0.25) is 5.91 Å². The van der Waals surface area contributed by atoms with Gasteiger partial charge in [0, 0.05) is 31.7 Å². The molecule has 0 bridgehead atoms. The molecule has 3 aromatic carbocycles. The third-order valence-corrected chi connectivity index (χ3v) is 8.95. The fourth-order valence-electron chi connectivity index (χ4n) is 6.42. The molecular weight excluding hydrogens is 563 g/mol. The Hall–Kier alpha value is -3.65. The van der Waals surface area contributed by atoms with Gasteiger partial charge < -0.3 is 10.2 Å². The number of piperidine rings is 1. The first-order chi connectivity index (χ1) is 20.8. The predicted octanol–water partition coefficient (Wildman–Crippen LogP) is 7.55. The van der Waals surface area contributed by atoms with Crippen LogP contribution in [0.3, 0.4) is 0 Å². The van der Waals surface area contributed by atoms with E-state index in [2.05, 4.69) is 26.1 Å². The van der Waals surface area contributed by atoms with Gasteiger partial charge in [0.05, 0.1) is 24.1 Å². The molecule has 5 rings (SSSR count). The quantitative estimate of drug-likeness (QED) is 0.303. The molecule has 0 spiro atoms. The van der Waals surface area contributed by atoms with Gasteiger partial charge in [-0.3, -0.25) is 14.5 Å². The van der Waals surface area contributed by atoms with Crippen molar-refractivity contribution in [3.8, 4) is 0 Å². The molecule has 0 aromatic heterocycles. The van der Waals surface area contributed by atoms with Crippen molar-refractivity contribution in [1.29, 1.82) is 0 Å². The highest BCUT2D eigenvalue weighted by Gasteiger charge is 2.41. The molecule has 1 N–H and O–H groups in total. The maximum Gasteiger partial charge on any atom is 0.261 e. The summed E-state index contributed by atoms with van der Waals surface area (Å²) in [5.74, 6) is -4.39. The van der Waals surface area contributed by atoms with Crippen molar-refractivity contribution < 1.29 is 22.8 Å². The number of benzene rings is 3. The smallest absolute Gasteiger partial charge is 0.261 e. The summed E-state index contributed by atoms with van der Waals surface area (Å²) in [6.07, 6.45) is 1.68. The highest BCUT2D eigenvalue weighted by molar-refractivity contribution is 5.98. The van der Waals surface area contributed by atoms with Gasteiger partial charge in [-0.1, -0.05) is 69.3 Å². The molecule has 2 fully saturated rings. The standard InChI is InChI=1S/C36H42F3N3O2/c1-24-8-5-12-30(37)31(24)34(44)42-19-7-11-29(33(43)40-28-10-6-9-27(22-28)35(2,3)4)32(42)26-15-13-25(14-16-26)17-20-41-21-18-36(38,39)23-41/h5-6,8-10,12-16,22,29,32H,7,11,17-21,23H2,1-4H3,(H,40,43)/t29-,32-/m0/s1. The largest absolute Gasteiger partial charge is 0.331 e. The van der Waals surface area contributed by atoms with E-state index >= 15 is 0 Å². The molecule has 2 aliphatic rings. The Morgan fingerprint density at radius 1 is 1.00 bits per heavy atom. The lowest BCUT2D eigenvalue weighted by molar-refractivity contribution is -0.123. The van der Waals surface area contributed by atoms with Gasteiger partial charge in [0.1, 0.15) is 5.82 Å². The summed E-state index contributed by atoms with van der Waals surface area (Å²) in [5.41, 5.74) is 4.03. The summed E-state index contributed by atoms with van der Waals surface area (Å²) < 4.78 is 42.3. The van der Waals surface area contributed by atoms with Crippen molar-refractivity contribution in [2.45, 2.75) is 70.8 Å². The van der Waals surface area contributed by atoms with Crippen LogP contribution < -0.4 is 5.32 Å². The summed E-state index contributed by atoms with van der Waals surface area (Å²) in [7, 11) is 0. The zero-order valence-electron chi connectivity index (χ0n) is 26.0. The monoisotopic (exact) mass is 605 g/mol. The average Bonchev–Trinajstić information content (AvgIpc) is 3.33. The van der Waals surface area contributed by atoms with E-state index in [-0.39, 0.29) is 29.9 Å². The van der Waals surface area contributed by atoms with Crippen LogP contribution in [0.15, 0.2) is 66.7 Å². The average molecular weight is 606 g/mol. The summed E-state index contributed by atoms with van der Waals surface area (Å²) >= 11 is 0. The van der Waals surface area contributed by atoms with Crippen LogP contribution in [0.5, 0.6) is 0 Å². The molecule has 2 amide bonds. The fourth-order valence-corrected chi connectivity index (χ4v) is 6.42. The minimum absolute atomic E-state index is 0.0236. The van der Waals surface area contributed by atoms with E-state index in [1.54, 1.807) is 28.9 Å². The molecule has 3 aromatic rings. The lowest BCUT2D eigenvalue weighted by Crippen LogP contribution is -2.46. The summed E-state index contributed by atoms with van der Waals surface area (Å²) in [6.45, 7) is 9.16. The van der Waals surface area contributed by atoms with Crippen LogP contribution in [-0.4, -0.2) is 53.7 Å². The third-order valence-electron chi connectivity index (χ3n) is 8.95. The van der Waals surface area contributed by atoms with E-state index in [0.717, 1.165) is 16.7 Å². The second kappa shape index (κ2) is 12.8. The third kappa shape index (κ3) is 7.17. The van der Waals surface area contributed by atoms with Gasteiger partial charge in [0.25, 0.3) is 11.8 Å². The summed E-state index contributed by atoms with van der Waals surface area (Å²) in [4.78, 5) is 31.3. The van der Waals surface area contributed by atoms with Crippen LogP contribution >= 0.6 is 0 Å². The van der Waals surface area contributed by atoms with Gasteiger partial charge >= 0.3 is 0 Å². The van der Waals surface area contributed by atoms with E-state index in [0.29, 0.717) is 50.1 Å². The van der Waals surface area contributed by atoms with E-state index in [1.165, 1.54) is 6.07 Å². The van der Waals surface area contributed by atoms with E-state index < -0.39 is 29.6 Å². The van der Waals surface area contributed by atoms with Crippen LogP contribution in [0.1, 0.15) is 78.7 Å². The number of hydrogen-bond donors (Lipinski definition) is 1. The number of hydrogen-bond acceptors (Lipinski definition) is 3. The number of aryl methyl sites for hydroxylation is 1. The van der Waals surface area contributed by atoms with Gasteiger partial charge in [-0.05, 0) is 72.1 Å². The molecule has 0 radical (unpaired) electrons. The zero-order chi connectivity index (χ0) is 31.6. The number of halogens is 3. The van der Waals surface area contributed by atoms with E-state index in [9.17, 15) is 22.8 Å². The Morgan fingerprint density at radius 3 is 2.39 bits per heavy atom. The molecule has 2 aliphatic heterocycles. The minimum Gasteiger partial charge on any atom is -0.331 e. The number of carbonyl (C=O) groups excluding carboxylic acids is 2. The Balaban J connectivity index is 1.43. The lowest BCUT2D eigenvalue weighted by Gasteiger charge is -2.41. The van der Waals surface area contributed by atoms with Crippen LogP contribution in [0, 0.1) is 18.7 Å². The number of anilines is 1. The number of carbonyl (C=O) groups is 2. The van der Waals surface area contributed by atoms with E-state index in [1.807, 2.05) is 48.5 Å². The van der Waals surface area contributed by atoms with Crippen LogP contribution in [0.25, 0.3) is 0 Å². The van der Waals surface area contributed by atoms with Gasteiger partial charge in [-0.25, -0.2) is 13.2 Å². The second-order valence-corrected chi connectivity index (χ2v) is 13.3. The fraction of sp³-hybridized carbons (Fsp3) is 0.444. The molecule has 0 unspecified atom stereocenters. The Labute approximate surface area is 258 Å². The first kappa shape index (κ1) is 31.8. The number of likely N-dealkylation sites (tertiary alicyclic amines) is 2. The highest BCUT2D eigenvalue weighted by atomic mass is 19.3. The molecule has 44 heavy (non-hydrogen) atoms. The minimum atomic E-state index is -2.62. The van der Waals surface area contributed by atoms with Crippen LogP contribution in [0.4, 0.5) is 18.9 Å². The molecule has 234 valence electrons. The first-order valence-electron chi connectivity index (χ1n) is 15.5. The second-order valence-electron chi connectivity index (χ2n) is 13.3. The Morgan fingerprint density at radius 2 is 1.73 bits per heavy atom. The number of nitrogens with one attached hydrogen (secondary N) is 1. The highest BCUT2D eigenvalue weighted by Crippen LogP contribution is 2.39. The molecule has 0 aliphatic carbocycles. The van der Waals surface area contributed by atoms with Gasteiger partial charge in [-0.2, -0.15) is 0 Å². The molecule has 2 saturated heterocycles. The van der Waals surface area contributed by atoms with Gasteiger partial charge in [0.15, 0.2) is 0 Å². The Kier molecular flexibility index (Phi) is 9.21. The number of amides is 2. The summed E-state index contributed by atoms with van der Waals surface area (Å²) in [5, 5.41) is 3.10. The molecule has 0 saturated carbocycles. The maximum atomic E-state index is 15.0. The van der Waals surface area contributed by atoms with Crippen LogP contribution in [0.2, 0.25) is 0 Å². The molecule has 5 nitrogen and oxygen atoms in total. The maximum absolute atomic E-state index is 15.0. The van der Waals surface area contributed by atoms with Crippen molar-refractivity contribution in [2.75, 3.05) is 31.5 Å². The predicted molar refractivity (Wildman–Crippen MR) is 168 cm³/mol. The van der Waals surface area contributed by atoms with Crippen molar-refractivity contribution in [2.24, 2.45) is 5.92 Å². The zero-order valence-corrected chi connectivity index (χ0v) is 26.0. The molecule has 8 heteroatoms. The topological polar surface area (TPSA) is 52.7 Å². The number of nitrogens with zero attached hydrogens (tertiary/aromatic N) is 2. The summed E-state index contributed by atoms with van der Waals surface area (Å²) in [6, 6.07) is 19.5. The Bertz CT molecular complexity index is 1480. The van der Waals surface area contributed by atoms with Crippen molar-refractivity contribution in [1.82, 2.24) is 9.80 Å². The number of rotatable bonds is 7. The van der Waals surface area contributed by atoms with Crippen molar-refractivity contribution in [3.05, 3.63) is 100 Å². The molecule has 2 heterocycles. The van der Waals surface area contributed by atoms with Crippen molar-refractivity contribution in [3.63, 3.8) is 0 Å². The van der Waals surface area contributed by atoms with Crippen LogP contribution in [-0.2, 0) is 16.6 Å². The molecular formula is C36H42F3N3O2. The van der Waals surface area contributed by atoms with Crippen molar-refractivity contribution >= 4 is 17.5 Å². The van der Waals surface area contributed by atoms with E-state index in [4.69, 9.17) is 0 Å².